The predicted octanol–water partition coefficient (Wildman–Crippen LogP) is 3.25. The van der Waals surface area contributed by atoms with Crippen molar-refractivity contribution in [2.75, 3.05) is 11.9 Å². The summed E-state index contributed by atoms with van der Waals surface area (Å²) in [6.07, 6.45) is 0. The number of hydrogen-bond donors (Lipinski definition) is 1. The van der Waals surface area contributed by atoms with Crippen LogP contribution in [0, 0.1) is 0 Å². The van der Waals surface area contributed by atoms with Gasteiger partial charge in [-0.05, 0) is 17.7 Å². The normalized spacial score (nSPS) is 18.0. The topological polar surface area (TPSA) is 29.9 Å². The maximum Gasteiger partial charge on any atom is 0.203 e. The molecule has 0 bridgehead atoms. The molecule has 94 valence electrons. The quantitative estimate of drug-likeness (QED) is 0.717. The van der Waals surface area contributed by atoms with Gasteiger partial charge in [-0.15, -0.1) is 0 Å². The highest BCUT2D eigenvalue weighted by Gasteiger charge is 2.22. The fourth-order valence-corrected chi connectivity index (χ4v) is 2.84. The molecule has 1 atom stereocenters. The zero-order valence-electron chi connectivity index (χ0n) is 10.6. The van der Waals surface area contributed by atoms with Crippen LogP contribution in [-0.4, -0.2) is 16.1 Å². The molecule has 0 radical (unpaired) electrons. The Hall–Kier alpha value is -2.29. The van der Waals surface area contributed by atoms with Gasteiger partial charge in [0.25, 0.3) is 0 Å². The van der Waals surface area contributed by atoms with Crippen molar-refractivity contribution in [2.24, 2.45) is 0 Å². The van der Waals surface area contributed by atoms with Crippen molar-refractivity contribution in [1.82, 2.24) is 9.55 Å². The number of anilines is 1. The molecule has 2 aromatic carbocycles. The third-order valence-electron chi connectivity index (χ3n) is 3.84. The van der Waals surface area contributed by atoms with E-state index in [2.05, 4.69) is 63.4 Å². The largest absolute Gasteiger partial charge is 0.355 e. The lowest BCUT2D eigenvalue weighted by molar-refractivity contribution is 0.559. The van der Waals surface area contributed by atoms with Crippen LogP contribution in [0.25, 0.3) is 11.0 Å². The van der Waals surface area contributed by atoms with E-state index in [1.807, 2.05) is 6.07 Å². The van der Waals surface area contributed by atoms with Gasteiger partial charge in [-0.1, -0.05) is 42.5 Å². The molecule has 0 aliphatic carbocycles. The van der Waals surface area contributed by atoms with Gasteiger partial charge in [-0.3, -0.25) is 0 Å². The average Bonchev–Trinajstić information content (AvgIpc) is 2.86. The van der Waals surface area contributed by atoms with Crippen LogP contribution in [0.1, 0.15) is 11.5 Å². The molecule has 1 aromatic heterocycles. The molecule has 3 nitrogen and oxygen atoms in total. The molecule has 4 rings (SSSR count). The van der Waals surface area contributed by atoms with Gasteiger partial charge in [-0.25, -0.2) is 4.98 Å². The maximum atomic E-state index is 4.63. The number of imidazole rings is 1. The first-order valence-electron chi connectivity index (χ1n) is 6.66. The standard InChI is InChI=1S/C16H15N3/c1-2-6-12(7-3-1)13-10-17-16-18-14-8-4-5-9-15(14)19(16)11-13/h1-9,13H,10-11H2,(H,17,18). The summed E-state index contributed by atoms with van der Waals surface area (Å²) in [5.41, 5.74) is 3.67. The minimum Gasteiger partial charge on any atom is -0.355 e. The number of nitrogens with zero attached hydrogens (tertiary/aromatic N) is 2. The molecule has 2 heterocycles. The molecule has 1 unspecified atom stereocenters. The van der Waals surface area contributed by atoms with Gasteiger partial charge in [-0.2, -0.15) is 0 Å². The monoisotopic (exact) mass is 249 g/mol. The van der Waals surface area contributed by atoms with E-state index in [4.69, 9.17) is 0 Å². The van der Waals surface area contributed by atoms with Crippen molar-refractivity contribution < 1.29 is 0 Å². The van der Waals surface area contributed by atoms with Crippen molar-refractivity contribution >= 4 is 17.0 Å². The number of hydrogen-bond acceptors (Lipinski definition) is 2. The average molecular weight is 249 g/mol. The highest BCUT2D eigenvalue weighted by Crippen LogP contribution is 2.29. The summed E-state index contributed by atoms with van der Waals surface area (Å²) in [4.78, 5) is 4.63. The first-order chi connectivity index (χ1) is 9.42. The second-order valence-corrected chi connectivity index (χ2v) is 5.02. The van der Waals surface area contributed by atoms with Crippen LogP contribution in [-0.2, 0) is 6.54 Å². The Labute approximate surface area is 111 Å². The minimum atomic E-state index is 0.506. The zero-order valence-corrected chi connectivity index (χ0v) is 10.6. The summed E-state index contributed by atoms with van der Waals surface area (Å²) in [5.74, 6) is 1.50. The van der Waals surface area contributed by atoms with E-state index < -0.39 is 0 Å². The SMILES string of the molecule is c1ccc(C2CNc3nc4ccccc4n3C2)cc1. The molecule has 3 aromatic rings. The van der Waals surface area contributed by atoms with E-state index in [0.29, 0.717) is 5.92 Å². The third-order valence-corrected chi connectivity index (χ3v) is 3.84. The summed E-state index contributed by atoms with van der Waals surface area (Å²) in [5, 5.41) is 3.45. The molecule has 1 aliphatic rings. The van der Waals surface area contributed by atoms with Crippen LogP contribution in [0.4, 0.5) is 5.95 Å². The number of para-hydroxylation sites is 2. The van der Waals surface area contributed by atoms with Crippen LogP contribution in [0.15, 0.2) is 54.6 Å². The summed E-state index contributed by atoms with van der Waals surface area (Å²) in [7, 11) is 0. The van der Waals surface area contributed by atoms with Gasteiger partial charge in [0.2, 0.25) is 5.95 Å². The van der Waals surface area contributed by atoms with Crippen molar-refractivity contribution in [3.05, 3.63) is 60.2 Å². The summed E-state index contributed by atoms with van der Waals surface area (Å²) in [6.45, 7) is 1.94. The Balaban J connectivity index is 1.77. The molecule has 0 saturated carbocycles. The Morgan fingerprint density at radius 2 is 1.79 bits per heavy atom. The Morgan fingerprint density at radius 3 is 2.68 bits per heavy atom. The molecule has 0 amide bonds. The van der Waals surface area contributed by atoms with Crippen LogP contribution < -0.4 is 5.32 Å². The second kappa shape index (κ2) is 4.12. The van der Waals surface area contributed by atoms with E-state index in [9.17, 15) is 0 Å². The molecule has 0 saturated heterocycles. The molecular weight excluding hydrogens is 234 g/mol. The van der Waals surface area contributed by atoms with Gasteiger partial charge < -0.3 is 9.88 Å². The predicted molar refractivity (Wildman–Crippen MR) is 77.4 cm³/mol. The maximum absolute atomic E-state index is 4.63. The lowest BCUT2D eigenvalue weighted by atomic mass is 9.98. The molecular formula is C16H15N3. The van der Waals surface area contributed by atoms with E-state index in [1.54, 1.807) is 0 Å². The number of fused-ring (bicyclic) bond motifs is 3. The second-order valence-electron chi connectivity index (χ2n) is 5.02. The van der Waals surface area contributed by atoms with Crippen molar-refractivity contribution in [3.63, 3.8) is 0 Å². The Bertz CT molecular complexity index is 715. The first kappa shape index (κ1) is 10.6. The highest BCUT2D eigenvalue weighted by molar-refractivity contribution is 5.78. The van der Waals surface area contributed by atoms with Gasteiger partial charge in [0.05, 0.1) is 11.0 Å². The van der Waals surface area contributed by atoms with Crippen LogP contribution in [0.2, 0.25) is 0 Å². The van der Waals surface area contributed by atoms with E-state index in [0.717, 1.165) is 24.6 Å². The van der Waals surface area contributed by atoms with Crippen molar-refractivity contribution in [3.8, 4) is 0 Å². The Morgan fingerprint density at radius 1 is 1.00 bits per heavy atom. The fourth-order valence-electron chi connectivity index (χ4n) is 2.84. The van der Waals surface area contributed by atoms with E-state index in [-0.39, 0.29) is 0 Å². The van der Waals surface area contributed by atoms with Gasteiger partial charge in [0.15, 0.2) is 0 Å². The molecule has 1 aliphatic heterocycles. The first-order valence-corrected chi connectivity index (χ1v) is 6.66. The van der Waals surface area contributed by atoms with Crippen LogP contribution >= 0.6 is 0 Å². The van der Waals surface area contributed by atoms with Crippen molar-refractivity contribution in [1.29, 1.82) is 0 Å². The Kier molecular flexibility index (Phi) is 2.30. The van der Waals surface area contributed by atoms with Crippen molar-refractivity contribution in [2.45, 2.75) is 12.5 Å². The molecule has 0 fully saturated rings. The fraction of sp³-hybridized carbons (Fsp3) is 0.188. The minimum absolute atomic E-state index is 0.506. The number of rotatable bonds is 1. The lowest BCUT2D eigenvalue weighted by Gasteiger charge is -2.25. The smallest absolute Gasteiger partial charge is 0.203 e. The molecule has 3 heteroatoms. The number of aromatic nitrogens is 2. The summed E-state index contributed by atoms with van der Waals surface area (Å²) < 4.78 is 2.29. The summed E-state index contributed by atoms with van der Waals surface area (Å²) >= 11 is 0. The summed E-state index contributed by atoms with van der Waals surface area (Å²) in [6, 6.07) is 19.0. The van der Waals surface area contributed by atoms with E-state index in [1.165, 1.54) is 11.1 Å². The van der Waals surface area contributed by atoms with Gasteiger partial charge in [0.1, 0.15) is 0 Å². The van der Waals surface area contributed by atoms with Crippen LogP contribution in [0.5, 0.6) is 0 Å². The van der Waals surface area contributed by atoms with Gasteiger partial charge in [0, 0.05) is 19.0 Å². The molecule has 1 N–H and O–H groups in total. The third kappa shape index (κ3) is 1.70. The molecule has 19 heavy (non-hydrogen) atoms. The van der Waals surface area contributed by atoms with Gasteiger partial charge >= 0.3 is 0 Å². The van der Waals surface area contributed by atoms with E-state index >= 15 is 0 Å². The zero-order chi connectivity index (χ0) is 12.7. The number of nitrogens with one attached hydrogen (secondary N) is 1. The lowest BCUT2D eigenvalue weighted by Crippen LogP contribution is -2.25. The highest BCUT2D eigenvalue weighted by atomic mass is 15.2. The molecule has 0 spiro atoms. The van der Waals surface area contributed by atoms with Crippen LogP contribution in [0.3, 0.4) is 0 Å². The number of benzene rings is 2.